The molecule has 8 nitrogen and oxygen atoms in total. The number of ether oxygens (including phenoxy) is 1. The van der Waals surface area contributed by atoms with Crippen molar-refractivity contribution in [2.45, 2.75) is 68.6 Å². The molecule has 1 aliphatic carbocycles. The van der Waals surface area contributed by atoms with Crippen molar-refractivity contribution in [2.24, 2.45) is 0 Å². The maximum Gasteiger partial charge on any atom is 0.416 e. The van der Waals surface area contributed by atoms with E-state index in [9.17, 15) is 27.9 Å². The SMILES string of the molecule is COC[C@@H]1CC(NC2CCC(O)(c3ccc(CN(C)C)cc3)CC2)CN1C(=O)CNC(=O)c1cccc(C(F)(F)F)c1. The highest BCUT2D eigenvalue weighted by atomic mass is 19.4. The lowest BCUT2D eigenvalue weighted by atomic mass is 9.77. The predicted molar refractivity (Wildman–Crippen MR) is 153 cm³/mol. The van der Waals surface area contributed by atoms with Crippen LogP contribution in [0.25, 0.3) is 0 Å². The fraction of sp³-hybridized carbons (Fsp3) is 0.548. The van der Waals surface area contributed by atoms with Gasteiger partial charge in [0.2, 0.25) is 5.91 Å². The van der Waals surface area contributed by atoms with E-state index in [1.54, 1.807) is 12.0 Å². The van der Waals surface area contributed by atoms with Crippen LogP contribution >= 0.6 is 0 Å². The van der Waals surface area contributed by atoms with Crippen molar-refractivity contribution in [1.29, 1.82) is 0 Å². The van der Waals surface area contributed by atoms with Gasteiger partial charge in [-0.2, -0.15) is 13.2 Å². The van der Waals surface area contributed by atoms with Crippen molar-refractivity contribution >= 4 is 11.8 Å². The number of halogens is 3. The van der Waals surface area contributed by atoms with E-state index in [1.807, 2.05) is 26.2 Å². The summed E-state index contributed by atoms with van der Waals surface area (Å²) in [4.78, 5) is 29.3. The largest absolute Gasteiger partial charge is 0.416 e. The second kappa shape index (κ2) is 13.5. The molecule has 230 valence electrons. The minimum Gasteiger partial charge on any atom is -0.385 e. The van der Waals surface area contributed by atoms with E-state index >= 15 is 0 Å². The fourth-order valence-corrected chi connectivity index (χ4v) is 6.06. The van der Waals surface area contributed by atoms with Gasteiger partial charge >= 0.3 is 6.18 Å². The Bertz CT molecular complexity index is 1210. The molecule has 0 radical (unpaired) electrons. The van der Waals surface area contributed by atoms with Crippen LogP contribution in [0.15, 0.2) is 48.5 Å². The van der Waals surface area contributed by atoms with Crippen molar-refractivity contribution in [1.82, 2.24) is 20.4 Å². The summed E-state index contributed by atoms with van der Waals surface area (Å²) in [6, 6.07) is 12.3. The van der Waals surface area contributed by atoms with E-state index in [0.717, 1.165) is 37.1 Å². The second-order valence-corrected chi connectivity index (χ2v) is 11.8. The lowest BCUT2D eigenvalue weighted by Gasteiger charge is -2.38. The Labute approximate surface area is 245 Å². The van der Waals surface area contributed by atoms with Gasteiger partial charge in [0.15, 0.2) is 0 Å². The van der Waals surface area contributed by atoms with E-state index in [2.05, 4.69) is 27.7 Å². The summed E-state index contributed by atoms with van der Waals surface area (Å²) < 4.78 is 44.4. The summed E-state index contributed by atoms with van der Waals surface area (Å²) in [5, 5.41) is 17.5. The normalized spacial score (nSPS) is 24.7. The predicted octanol–water partition coefficient (Wildman–Crippen LogP) is 3.53. The van der Waals surface area contributed by atoms with Crippen LogP contribution in [0.4, 0.5) is 13.2 Å². The van der Waals surface area contributed by atoms with Crippen molar-refractivity contribution in [2.75, 3.05) is 40.9 Å². The van der Waals surface area contributed by atoms with Crippen LogP contribution in [0, 0.1) is 0 Å². The van der Waals surface area contributed by atoms with Gasteiger partial charge in [-0.05, 0) is 75.5 Å². The zero-order chi connectivity index (χ0) is 30.5. The number of methoxy groups -OCH3 is 1. The van der Waals surface area contributed by atoms with Crippen LogP contribution in [0.3, 0.4) is 0 Å². The quantitative estimate of drug-likeness (QED) is 0.392. The zero-order valence-electron chi connectivity index (χ0n) is 24.4. The molecule has 11 heteroatoms. The lowest BCUT2D eigenvalue weighted by Crippen LogP contribution is -2.46. The number of benzene rings is 2. The standard InChI is InChI=1S/C31H41F3N4O4/c1-37(2)18-21-7-9-23(10-8-21)30(41)13-11-25(12-14-30)36-26-16-27(20-42-3)38(19-26)28(39)17-35-29(40)22-5-4-6-24(15-22)31(32,33)34/h4-10,15,25-27,36,41H,11-14,16-20H2,1-3H3,(H,35,40)/t25?,26?,27-,30?/m0/s1. The summed E-state index contributed by atoms with van der Waals surface area (Å²) in [6.45, 7) is 1.28. The molecule has 2 aliphatic rings. The first kappa shape index (κ1) is 31.9. The number of hydrogen-bond donors (Lipinski definition) is 3. The van der Waals surface area contributed by atoms with Gasteiger partial charge in [0, 0.05) is 37.8 Å². The molecule has 1 aliphatic heterocycles. The smallest absolute Gasteiger partial charge is 0.385 e. The Hall–Kier alpha value is -2.99. The summed E-state index contributed by atoms with van der Waals surface area (Å²) >= 11 is 0. The number of hydrogen-bond acceptors (Lipinski definition) is 6. The maximum atomic E-state index is 13.1. The second-order valence-electron chi connectivity index (χ2n) is 11.8. The average molecular weight is 591 g/mol. The number of aliphatic hydroxyl groups is 1. The van der Waals surface area contributed by atoms with Crippen LogP contribution in [-0.4, -0.2) is 85.7 Å². The van der Waals surface area contributed by atoms with Gasteiger partial charge in [-0.1, -0.05) is 30.3 Å². The van der Waals surface area contributed by atoms with E-state index in [4.69, 9.17) is 4.74 Å². The van der Waals surface area contributed by atoms with Crippen molar-refractivity contribution in [3.8, 4) is 0 Å². The molecule has 1 unspecified atom stereocenters. The third-order valence-electron chi connectivity index (χ3n) is 8.22. The highest BCUT2D eigenvalue weighted by molar-refractivity contribution is 5.96. The third kappa shape index (κ3) is 8.09. The number of nitrogens with zero attached hydrogens (tertiary/aromatic N) is 2. The first-order valence-corrected chi connectivity index (χ1v) is 14.3. The highest BCUT2D eigenvalue weighted by Crippen LogP contribution is 2.38. The number of nitrogens with one attached hydrogen (secondary N) is 2. The van der Waals surface area contributed by atoms with Gasteiger partial charge in [0.05, 0.1) is 30.4 Å². The van der Waals surface area contributed by atoms with Gasteiger partial charge in [-0.3, -0.25) is 9.59 Å². The van der Waals surface area contributed by atoms with Crippen molar-refractivity contribution in [3.63, 3.8) is 0 Å². The molecule has 2 aromatic carbocycles. The van der Waals surface area contributed by atoms with Gasteiger partial charge in [0.25, 0.3) is 5.91 Å². The number of amides is 2. The average Bonchev–Trinajstić information content (AvgIpc) is 3.35. The molecule has 0 bridgehead atoms. The molecule has 1 saturated carbocycles. The van der Waals surface area contributed by atoms with E-state index in [-0.39, 0.29) is 36.1 Å². The molecule has 4 rings (SSSR count). The van der Waals surface area contributed by atoms with Gasteiger partial charge in [-0.15, -0.1) is 0 Å². The molecule has 2 atom stereocenters. The van der Waals surface area contributed by atoms with E-state index < -0.39 is 23.2 Å². The molecule has 1 saturated heterocycles. The molecule has 2 fully saturated rings. The molecule has 2 amide bonds. The molecule has 0 spiro atoms. The van der Waals surface area contributed by atoms with Crippen LogP contribution in [0.1, 0.15) is 59.2 Å². The molecule has 3 N–H and O–H groups in total. The van der Waals surface area contributed by atoms with Crippen LogP contribution in [0.2, 0.25) is 0 Å². The van der Waals surface area contributed by atoms with E-state index in [0.29, 0.717) is 32.4 Å². The molecular weight excluding hydrogens is 549 g/mol. The summed E-state index contributed by atoms with van der Waals surface area (Å²) in [5.41, 5.74) is 0.198. The van der Waals surface area contributed by atoms with E-state index in [1.165, 1.54) is 17.7 Å². The maximum absolute atomic E-state index is 13.1. The molecule has 0 aromatic heterocycles. The Morgan fingerprint density at radius 2 is 1.79 bits per heavy atom. The Morgan fingerprint density at radius 3 is 2.40 bits per heavy atom. The first-order valence-electron chi connectivity index (χ1n) is 14.3. The van der Waals surface area contributed by atoms with Crippen LogP contribution < -0.4 is 10.6 Å². The lowest BCUT2D eigenvalue weighted by molar-refractivity contribution is -0.137. The minimum absolute atomic E-state index is 0.0229. The number of alkyl halides is 3. The number of carbonyl (C=O) groups is 2. The van der Waals surface area contributed by atoms with Crippen LogP contribution in [0.5, 0.6) is 0 Å². The number of rotatable bonds is 10. The molecular formula is C31H41F3N4O4. The van der Waals surface area contributed by atoms with Gasteiger partial charge in [-0.25, -0.2) is 0 Å². The summed E-state index contributed by atoms with van der Waals surface area (Å²) in [5.74, 6) is -1.06. The number of likely N-dealkylation sites (tertiary alicyclic amines) is 1. The molecule has 1 heterocycles. The van der Waals surface area contributed by atoms with Crippen LogP contribution in [-0.2, 0) is 27.9 Å². The molecule has 2 aromatic rings. The monoisotopic (exact) mass is 590 g/mol. The zero-order valence-corrected chi connectivity index (χ0v) is 24.4. The fourth-order valence-electron chi connectivity index (χ4n) is 6.06. The minimum atomic E-state index is -4.56. The summed E-state index contributed by atoms with van der Waals surface area (Å²) in [7, 11) is 5.61. The Balaban J connectivity index is 1.29. The Morgan fingerprint density at radius 1 is 1.10 bits per heavy atom. The van der Waals surface area contributed by atoms with Gasteiger partial charge < -0.3 is 30.3 Å². The van der Waals surface area contributed by atoms with Gasteiger partial charge in [0.1, 0.15) is 0 Å². The molecule has 42 heavy (non-hydrogen) atoms. The number of carbonyl (C=O) groups excluding carboxylic acids is 2. The van der Waals surface area contributed by atoms with Crippen molar-refractivity contribution < 1.29 is 32.6 Å². The summed E-state index contributed by atoms with van der Waals surface area (Å²) in [6.07, 6.45) is -1.03. The first-order chi connectivity index (χ1) is 19.9. The Kier molecular flexibility index (Phi) is 10.3. The highest BCUT2D eigenvalue weighted by Gasteiger charge is 2.39. The topological polar surface area (TPSA) is 94.1 Å². The van der Waals surface area contributed by atoms with Crippen molar-refractivity contribution in [3.05, 3.63) is 70.8 Å². The third-order valence-corrected chi connectivity index (χ3v) is 8.22.